The normalized spacial score (nSPS) is 12.0. The van der Waals surface area contributed by atoms with Crippen molar-refractivity contribution in [3.63, 3.8) is 0 Å². The number of aliphatic hydroxyl groups is 1. The lowest BCUT2D eigenvalue weighted by molar-refractivity contribution is -0.184. The zero-order valence-electron chi connectivity index (χ0n) is 2.93. The van der Waals surface area contributed by atoms with Gasteiger partial charge in [0.1, 0.15) is 0 Å². The summed E-state index contributed by atoms with van der Waals surface area (Å²) in [5.74, 6) is -2.25. The van der Waals surface area contributed by atoms with E-state index in [0.717, 1.165) is 6.92 Å². The van der Waals surface area contributed by atoms with Crippen LogP contribution >= 0.6 is 0 Å². The maximum Gasteiger partial charge on any atom is 0.250 e. The second-order valence-electron chi connectivity index (χ2n) is 1.05. The van der Waals surface area contributed by atoms with E-state index < -0.39 is 5.91 Å². The molecule has 0 aromatic rings. The van der Waals surface area contributed by atoms with Gasteiger partial charge in [0.25, 0.3) is 0 Å². The van der Waals surface area contributed by atoms with Gasteiger partial charge in [0, 0.05) is 6.92 Å². The highest BCUT2D eigenvalue weighted by Crippen LogP contribution is 1.78. The highest BCUT2D eigenvalue weighted by molar-refractivity contribution is 4.33. The molecular weight excluding hydrogens is 70.0 g/mol. The van der Waals surface area contributed by atoms with Crippen LogP contribution in [0.15, 0.2) is 0 Å². The third-order valence-electron chi connectivity index (χ3n) is 0. The van der Waals surface area contributed by atoms with E-state index >= 15 is 0 Å². The summed E-state index contributed by atoms with van der Waals surface area (Å²) < 4.78 is 0. The summed E-state index contributed by atoms with van der Waals surface area (Å²) in [7, 11) is 0. The monoisotopic (exact) mass is 76.0 g/mol. The third-order valence-corrected chi connectivity index (χ3v) is 0. The van der Waals surface area contributed by atoms with Crippen LogP contribution in [0.5, 0.6) is 0 Å². The molecule has 0 saturated heterocycles. The SMILES string of the molecule is CC(N)([O])O. The average Bonchev–Trinajstić information content (AvgIpc) is 0.722. The van der Waals surface area contributed by atoms with Gasteiger partial charge in [-0.25, -0.2) is 0 Å². The Morgan fingerprint density at radius 2 is 2.00 bits per heavy atom. The molecule has 0 aromatic heterocycles. The average molecular weight is 76.1 g/mol. The lowest BCUT2D eigenvalue weighted by Gasteiger charge is -1.99. The molecule has 0 aliphatic heterocycles. The number of hydrogen-bond acceptors (Lipinski definition) is 2. The molecule has 31 valence electrons. The van der Waals surface area contributed by atoms with E-state index in [-0.39, 0.29) is 0 Å². The van der Waals surface area contributed by atoms with Crippen LogP contribution in [0, 0.1) is 0 Å². The van der Waals surface area contributed by atoms with Gasteiger partial charge in [-0.15, -0.1) is 0 Å². The Balaban J connectivity index is 3.02. The Kier molecular flexibility index (Phi) is 0.908. The molecule has 0 bridgehead atoms. The summed E-state index contributed by atoms with van der Waals surface area (Å²) in [6, 6.07) is 0. The lowest BCUT2D eigenvalue weighted by Crippen LogP contribution is -2.32. The van der Waals surface area contributed by atoms with E-state index in [2.05, 4.69) is 5.73 Å². The number of rotatable bonds is 0. The molecule has 0 aliphatic carbocycles. The Bertz CT molecular complexity index is 23.1. The standard InChI is InChI=1S/C2H6NO2/c1-2(3,4)5/h4H,3H2,1H3. The summed E-state index contributed by atoms with van der Waals surface area (Å²) in [6.07, 6.45) is 0. The van der Waals surface area contributed by atoms with Crippen molar-refractivity contribution in [2.75, 3.05) is 0 Å². The van der Waals surface area contributed by atoms with Crippen molar-refractivity contribution in [3.8, 4) is 0 Å². The predicted octanol–water partition coefficient (Wildman–Crippen LogP) is -0.958. The van der Waals surface area contributed by atoms with E-state index in [1.165, 1.54) is 0 Å². The molecule has 3 N–H and O–H groups in total. The van der Waals surface area contributed by atoms with E-state index in [1.54, 1.807) is 0 Å². The molecule has 0 saturated carbocycles. The molecule has 0 rings (SSSR count). The fourth-order valence-electron chi connectivity index (χ4n) is 0. The fraction of sp³-hybridized carbons (Fsp3) is 1.00. The molecule has 0 aliphatic rings. The minimum absolute atomic E-state index is 0.965. The zero-order chi connectivity index (χ0) is 4.50. The second kappa shape index (κ2) is 0.931. The number of nitrogens with two attached hydrogens (primary N) is 1. The molecule has 0 spiro atoms. The fourth-order valence-corrected chi connectivity index (χ4v) is 0. The molecule has 0 aromatic carbocycles. The summed E-state index contributed by atoms with van der Waals surface area (Å²) in [4.78, 5) is 0. The molecule has 5 heavy (non-hydrogen) atoms. The van der Waals surface area contributed by atoms with Gasteiger partial charge in [-0.2, -0.15) is 5.11 Å². The first-order chi connectivity index (χ1) is 2.00. The smallest absolute Gasteiger partial charge is 0.250 e. The van der Waals surface area contributed by atoms with E-state index in [0.29, 0.717) is 0 Å². The van der Waals surface area contributed by atoms with Crippen molar-refractivity contribution in [3.05, 3.63) is 0 Å². The second-order valence-corrected chi connectivity index (χ2v) is 1.05. The van der Waals surface area contributed by atoms with Crippen LogP contribution in [-0.2, 0) is 5.11 Å². The quantitative estimate of drug-likeness (QED) is 0.365. The van der Waals surface area contributed by atoms with Gasteiger partial charge in [-0.1, -0.05) is 0 Å². The molecule has 1 unspecified atom stereocenters. The van der Waals surface area contributed by atoms with Crippen LogP contribution in [0.4, 0.5) is 0 Å². The van der Waals surface area contributed by atoms with Crippen LogP contribution in [0.2, 0.25) is 0 Å². The van der Waals surface area contributed by atoms with Crippen molar-refractivity contribution < 1.29 is 10.2 Å². The first-order valence-electron chi connectivity index (χ1n) is 1.22. The summed E-state index contributed by atoms with van der Waals surface area (Å²) in [5.41, 5.74) is 4.35. The van der Waals surface area contributed by atoms with Crippen molar-refractivity contribution in [1.82, 2.24) is 0 Å². The summed E-state index contributed by atoms with van der Waals surface area (Å²) in [5, 5.41) is 17.2. The van der Waals surface area contributed by atoms with Crippen LogP contribution in [0.25, 0.3) is 0 Å². The zero-order valence-corrected chi connectivity index (χ0v) is 2.93. The molecule has 3 nitrogen and oxygen atoms in total. The van der Waals surface area contributed by atoms with Gasteiger partial charge in [-0.05, 0) is 0 Å². The van der Waals surface area contributed by atoms with Gasteiger partial charge < -0.3 is 5.11 Å². The van der Waals surface area contributed by atoms with Crippen molar-refractivity contribution in [2.45, 2.75) is 12.8 Å². The highest BCUT2D eigenvalue weighted by atomic mass is 16.5. The van der Waals surface area contributed by atoms with Crippen molar-refractivity contribution >= 4 is 0 Å². The predicted molar refractivity (Wildman–Crippen MR) is 15.5 cm³/mol. The highest BCUT2D eigenvalue weighted by Gasteiger charge is 2.04. The van der Waals surface area contributed by atoms with Gasteiger partial charge in [0.05, 0.1) is 0 Å². The molecular formula is C2H6NO2. The molecule has 0 fully saturated rings. The lowest BCUT2D eigenvalue weighted by atomic mass is 10.6. The Morgan fingerprint density at radius 3 is 2.00 bits per heavy atom. The van der Waals surface area contributed by atoms with Gasteiger partial charge >= 0.3 is 0 Å². The van der Waals surface area contributed by atoms with Gasteiger partial charge in [0.15, 0.2) is 0 Å². The first-order valence-corrected chi connectivity index (χ1v) is 1.22. The van der Waals surface area contributed by atoms with Crippen LogP contribution in [-0.4, -0.2) is 11.0 Å². The van der Waals surface area contributed by atoms with E-state index in [4.69, 9.17) is 5.11 Å². The van der Waals surface area contributed by atoms with E-state index in [9.17, 15) is 5.11 Å². The van der Waals surface area contributed by atoms with Crippen LogP contribution < -0.4 is 5.73 Å². The third kappa shape index (κ3) is 952. The summed E-state index contributed by atoms with van der Waals surface area (Å²) >= 11 is 0. The summed E-state index contributed by atoms with van der Waals surface area (Å²) in [6.45, 7) is 0.965. The molecule has 3 heteroatoms. The van der Waals surface area contributed by atoms with Crippen molar-refractivity contribution in [2.24, 2.45) is 5.73 Å². The minimum atomic E-state index is -2.25. The van der Waals surface area contributed by atoms with Crippen molar-refractivity contribution in [1.29, 1.82) is 0 Å². The van der Waals surface area contributed by atoms with E-state index in [1.807, 2.05) is 0 Å². The Hall–Kier alpha value is -0.120. The molecule has 1 radical (unpaired) electrons. The molecule has 1 atom stereocenters. The Morgan fingerprint density at radius 1 is 2.00 bits per heavy atom. The first kappa shape index (κ1) is 4.88. The number of hydrogen-bond donors (Lipinski definition) is 2. The maximum atomic E-state index is 9.44. The van der Waals surface area contributed by atoms with Gasteiger partial charge in [0.2, 0.25) is 5.91 Å². The topological polar surface area (TPSA) is 66.2 Å². The minimum Gasteiger partial charge on any atom is -0.352 e. The molecule has 0 heterocycles. The largest absolute Gasteiger partial charge is 0.352 e. The molecule has 0 amide bonds. The van der Waals surface area contributed by atoms with Crippen LogP contribution in [0.3, 0.4) is 0 Å². The maximum absolute atomic E-state index is 9.44. The van der Waals surface area contributed by atoms with Crippen LogP contribution in [0.1, 0.15) is 6.92 Å². The van der Waals surface area contributed by atoms with Gasteiger partial charge in [-0.3, -0.25) is 5.73 Å². The Labute approximate surface area is 30.0 Å².